The molecule has 10 heavy (non-hydrogen) atoms. The van der Waals surface area contributed by atoms with Crippen LogP contribution in [0.2, 0.25) is 0 Å². The molecule has 1 aliphatic carbocycles. The van der Waals surface area contributed by atoms with Gasteiger partial charge in [-0.05, 0) is 19.3 Å². The maximum absolute atomic E-state index is 11.3. The average Bonchev–Trinajstić information content (AvgIpc) is 1.52. The van der Waals surface area contributed by atoms with E-state index in [-0.39, 0.29) is 0 Å². The van der Waals surface area contributed by atoms with Crippen LogP contribution in [0, 0.1) is 5.92 Å². The Kier molecular flexibility index (Phi) is 1.40. The smallest absolute Gasteiger partial charge is 0.225 e. The van der Waals surface area contributed by atoms with Gasteiger partial charge in [0.15, 0.2) is 0 Å². The number of hydrogen-bond acceptors (Lipinski definition) is 1. The zero-order chi connectivity index (χ0) is 6.97. The zero-order valence-electron chi connectivity index (χ0n) is 6.18. The van der Waals surface area contributed by atoms with Crippen molar-refractivity contribution in [3.8, 4) is 0 Å². The minimum atomic E-state index is 0.417. The highest BCUT2D eigenvalue weighted by Crippen LogP contribution is 2.29. The highest BCUT2D eigenvalue weighted by Gasteiger charge is 2.31. The number of likely N-dealkylation sites (tertiary alicyclic amines) is 1. The van der Waals surface area contributed by atoms with Crippen LogP contribution in [0.25, 0.3) is 0 Å². The molecule has 0 radical (unpaired) electrons. The van der Waals surface area contributed by atoms with Gasteiger partial charge in [-0.15, -0.1) is 0 Å². The summed E-state index contributed by atoms with van der Waals surface area (Å²) < 4.78 is 0. The monoisotopic (exact) mass is 139 g/mol. The molecule has 1 aliphatic heterocycles. The van der Waals surface area contributed by atoms with E-state index in [4.69, 9.17) is 0 Å². The van der Waals surface area contributed by atoms with E-state index in [2.05, 4.69) is 0 Å². The second kappa shape index (κ2) is 2.26. The predicted octanol–water partition coefficient (Wildman–Crippen LogP) is 1.02. The van der Waals surface area contributed by atoms with Crippen molar-refractivity contribution in [2.24, 2.45) is 5.92 Å². The Morgan fingerprint density at radius 1 is 1.20 bits per heavy atom. The number of nitrogens with zero attached hydrogens (tertiary/aromatic N) is 1. The molecule has 0 unspecified atom stereocenters. The van der Waals surface area contributed by atoms with Crippen LogP contribution in [0.15, 0.2) is 0 Å². The third-order valence-electron chi connectivity index (χ3n) is 2.62. The van der Waals surface area contributed by atoms with Crippen molar-refractivity contribution >= 4 is 5.91 Å². The summed E-state index contributed by atoms with van der Waals surface area (Å²) in [6.07, 6.45) is 4.79. The third kappa shape index (κ3) is 0.825. The first-order chi connectivity index (χ1) is 4.88. The molecule has 0 aromatic rings. The molecule has 0 N–H and O–H groups in total. The van der Waals surface area contributed by atoms with Crippen molar-refractivity contribution in [3.05, 3.63) is 0 Å². The number of amides is 1. The van der Waals surface area contributed by atoms with Gasteiger partial charge in [-0.25, -0.2) is 0 Å². The molecule has 2 nitrogen and oxygen atoms in total. The van der Waals surface area contributed by atoms with Crippen LogP contribution in [-0.4, -0.2) is 23.9 Å². The van der Waals surface area contributed by atoms with Crippen molar-refractivity contribution in [1.82, 2.24) is 4.90 Å². The Hall–Kier alpha value is -0.530. The first kappa shape index (κ1) is 6.20. The van der Waals surface area contributed by atoms with E-state index in [1.54, 1.807) is 0 Å². The Morgan fingerprint density at radius 3 is 2.20 bits per heavy atom. The summed E-state index contributed by atoms with van der Waals surface area (Å²) >= 11 is 0. The lowest BCUT2D eigenvalue weighted by Crippen LogP contribution is -2.46. The van der Waals surface area contributed by atoms with E-state index >= 15 is 0 Å². The molecule has 0 atom stereocenters. The topological polar surface area (TPSA) is 20.3 Å². The minimum Gasteiger partial charge on any atom is -0.342 e. The van der Waals surface area contributed by atoms with Crippen molar-refractivity contribution in [2.45, 2.75) is 25.7 Å². The van der Waals surface area contributed by atoms with Gasteiger partial charge in [-0.1, -0.05) is 6.42 Å². The van der Waals surface area contributed by atoms with Gasteiger partial charge in [0, 0.05) is 19.0 Å². The Balaban J connectivity index is 1.84. The van der Waals surface area contributed by atoms with E-state index in [1.807, 2.05) is 4.90 Å². The van der Waals surface area contributed by atoms with Gasteiger partial charge < -0.3 is 4.90 Å². The fourth-order valence-electron chi connectivity index (χ4n) is 1.45. The second-order valence-electron chi connectivity index (χ2n) is 3.31. The lowest BCUT2D eigenvalue weighted by molar-refractivity contribution is -0.141. The Morgan fingerprint density at radius 2 is 1.90 bits per heavy atom. The molecular weight excluding hydrogens is 126 g/mol. The summed E-state index contributed by atoms with van der Waals surface area (Å²) in [6.45, 7) is 2.05. The van der Waals surface area contributed by atoms with Crippen molar-refractivity contribution in [3.63, 3.8) is 0 Å². The van der Waals surface area contributed by atoms with Crippen LogP contribution in [0.3, 0.4) is 0 Å². The molecule has 56 valence electrons. The summed E-state index contributed by atoms with van der Waals surface area (Å²) in [6, 6.07) is 0. The average molecular weight is 139 g/mol. The van der Waals surface area contributed by atoms with Gasteiger partial charge in [-0.3, -0.25) is 4.79 Å². The van der Waals surface area contributed by atoms with Gasteiger partial charge in [0.25, 0.3) is 0 Å². The maximum atomic E-state index is 11.3. The molecule has 1 amide bonds. The fourth-order valence-corrected chi connectivity index (χ4v) is 1.45. The third-order valence-corrected chi connectivity index (χ3v) is 2.62. The Bertz CT molecular complexity index is 131. The first-order valence-corrected chi connectivity index (χ1v) is 4.17. The largest absolute Gasteiger partial charge is 0.342 e. The lowest BCUT2D eigenvalue weighted by atomic mass is 9.84. The van der Waals surface area contributed by atoms with Crippen LogP contribution < -0.4 is 0 Å². The normalized spacial score (nSPS) is 25.4. The SMILES string of the molecule is O=C(C1CCC1)N1CCC1. The van der Waals surface area contributed by atoms with Gasteiger partial charge in [0.1, 0.15) is 0 Å². The van der Waals surface area contributed by atoms with Crippen LogP contribution in [0.4, 0.5) is 0 Å². The van der Waals surface area contributed by atoms with Gasteiger partial charge in [-0.2, -0.15) is 0 Å². The minimum absolute atomic E-state index is 0.417. The number of carbonyl (C=O) groups excluding carboxylic acids is 1. The van der Waals surface area contributed by atoms with E-state index in [0.29, 0.717) is 11.8 Å². The number of hydrogen-bond donors (Lipinski definition) is 0. The van der Waals surface area contributed by atoms with E-state index in [0.717, 1.165) is 25.9 Å². The van der Waals surface area contributed by atoms with Gasteiger partial charge in [0.2, 0.25) is 5.91 Å². The molecule has 2 heteroatoms. The molecule has 1 saturated carbocycles. The standard InChI is InChI=1S/C8H13NO/c10-8(7-3-1-4-7)9-5-2-6-9/h7H,1-6H2. The predicted molar refractivity (Wildman–Crippen MR) is 38.5 cm³/mol. The second-order valence-corrected chi connectivity index (χ2v) is 3.31. The molecule has 0 aromatic carbocycles. The van der Waals surface area contributed by atoms with Crippen LogP contribution in [0.5, 0.6) is 0 Å². The fraction of sp³-hybridized carbons (Fsp3) is 0.875. The first-order valence-electron chi connectivity index (χ1n) is 4.17. The molecule has 0 bridgehead atoms. The van der Waals surface area contributed by atoms with Crippen LogP contribution >= 0.6 is 0 Å². The zero-order valence-corrected chi connectivity index (χ0v) is 6.18. The van der Waals surface area contributed by atoms with Crippen molar-refractivity contribution < 1.29 is 4.79 Å². The van der Waals surface area contributed by atoms with E-state index in [1.165, 1.54) is 12.8 Å². The quantitative estimate of drug-likeness (QED) is 0.531. The van der Waals surface area contributed by atoms with Crippen molar-refractivity contribution in [2.75, 3.05) is 13.1 Å². The summed E-state index contributed by atoms with van der Waals surface area (Å²) in [5, 5.41) is 0. The highest BCUT2D eigenvalue weighted by molar-refractivity contribution is 5.80. The number of rotatable bonds is 1. The summed E-state index contributed by atoms with van der Waals surface area (Å²) in [7, 11) is 0. The molecule has 1 heterocycles. The van der Waals surface area contributed by atoms with Gasteiger partial charge >= 0.3 is 0 Å². The van der Waals surface area contributed by atoms with Crippen LogP contribution in [0.1, 0.15) is 25.7 Å². The molecular formula is C8H13NO. The summed E-state index contributed by atoms with van der Waals surface area (Å²) in [4.78, 5) is 13.3. The van der Waals surface area contributed by atoms with E-state index < -0.39 is 0 Å². The maximum Gasteiger partial charge on any atom is 0.225 e. The van der Waals surface area contributed by atoms with Crippen molar-refractivity contribution in [1.29, 1.82) is 0 Å². The molecule has 1 saturated heterocycles. The summed E-state index contributed by atoms with van der Waals surface area (Å²) in [5.74, 6) is 0.845. The van der Waals surface area contributed by atoms with Gasteiger partial charge in [0.05, 0.1) is 0 Å². The lowest BCUT2D eigenvalue weighted by Gasteiger charge is -2.36. The molecule has 0 spiro atoms. The highest BCUT2D eigenvalue weighted by atomic mass is 16.2. The van der Waals surface area contributed by atoms with E-state index in [9.17, 15) is 4.79 Å². The molecule has 2 rings (SSSR count). The number of carbonyl (C=O) groups is 1. The van der Waals surface area contributed by atoms with Crippen LogP contribution in [-0.2, 0) is 4.79 Å². The molecule has 2 fully saturated rings. The summed E-state index contributed by atoms with van der Waals surface area (Å²) in [5.41, 5.74) is 0. The Labute approximate surface area is 61.2 Å². The molecule has 0 aromatic heterocycles. The molecule has 2 aliphatic rings.